The predicted octanol–water partition coefficient (Wildman–Crippen LogP) is 2.62. The largest absolute Gasteiger partial charge is 0.493 e. The summed E-state index contributed by atoms with van der Waals surface area (Å²) >= 11 is 0. The van der Waals surface area contributed by atoms with Crippen molar-refractivity contribution in [1.29, 1.82) is 5.41 Å². The molecule has 0 aromatic heterocycles. The lowest BCUT2D eigenvalue weighted by molar-refractivity contribution is 0.268. The summed E-state index contributed by atoms with van der Waals surface area (Å²) in [5.41, 5.74) is 8.29. The molecule has 0 amide bonds. The number of nitrogens with one attached hydrogen (secondary N) is 1. The number of nitrogen functional groups attached to an aromatic ring is 1. The van der Waals surface area contributed by atoms with Gasteiger partial charge in [-0.1, -0.05) is 13.8 Å². The van der Waals surface area contributed by atoms with Gasteiger partial charge in [0.15, 0.2) is 0 Å². The molecule has 0 aliphatic carbocycles. The highest BCUT2D eigenvalue weighted by Crippen LogP contribution is 2.25. The Kier molecular flexibility index (Phi) is 3.93. The minimum absolute atomic E-state index is 0.0987. The van der Waals surface area contributed by atoms with Gasteiger partial charge in [-0.2, -0.15) is 0 Å². The highest BCUT2D eigenvalue weighted by atomic mass is 16.5. The monoisotopic (exact) mass is 220 g/mol. The van der Waals surface area contributed by atoms with E-state index in [4.69, 9.17) is 15.9 Å². The fourth-order valence-electron chi connectivity index (χ4n) is 1.58. The number of hydrogen-bond donors (Lipinski definition) is 2. The molecule has 3 N–H and O–H groups in total. The van der Waals surface area contributed by atoms with Crippen LogP contribution in [0.2, 0.25) is 0 Å². The van der Waals surface area contributed by atoms with Gasteiger partial charge in [0.2, 0.25) is 0 Å². The first-order valence-corrected chi connectivity index (χ1v) is 5.50. The molecule has 16 heavy (non-hydrogen) atoms. The average molecular weight is 220 g/mol. The zero-order valence-corrected chi connectivity index (χ0v) is 10.4. The van der Waals surface area contributed by atoms with Crippen LogP contribution in [0.4, 0.5) is 0 Å². The molecular weight excluding hydrogens is 200 g/mol. The van der Waals surface area contributed by atoms with E-state index >= 15 is 0 Å². The molecule has 1 aromatic carbocycles. The van der Waals surface area contributed by atoms with Crippen LogP contribution in [0, 0.1) is 25.2 Å². The second kappa shape index (κ2) is 5.01. The van der Waals surface area contributed by atoms with Crippen molar-refractivity contribution in [2.75, 3.05) is 6.61 Å². The maximum atomic E-state index is 7.41. The number of aryl methyl sites for hydroxylation is 2. The van der Waals surface area contributed by atoms with E-state index in [2.05, 4.69) is 13.8 Å². The van der Waals surface area contributed by atoms with Crippen LogP contribution in [-0.2, 0) is 0 Å². The van der Waals surface area contributed by atoms with E-state index in [1.54, 1.807) is 0 Å². The first-order valence-electron chi connectivity index (χ1n) is 5.50. The predicted molar refractivity (Wildman–Crippen MR) is 67.3 cm³/mol. The third-order valence-electron chi connectivity index (χ3n) is 2.33. The second-order valence-electron chi connectivity index (χ2n) is 4.56. The van der Waals surface area contributed by atoms with Crippen molar-refractivity contribution in [3.63, 3.8) is 0 Å². The number of hydrogen-bond acceptors (Lipinski definition) is 2. The lowest BCUT2D eigenvalue weighted by atomic mass is 10.0. The van der Waals surface area contributed by atoms with Gasteiger partial charge in [0.25, 0.3) is 0 Å². The minimum atomic E-state index is 0.0987. The van der Waals surface area contributed by atoms with Crippen molar-refractivity contribution < 1.29 is 4.74 Å². The van der Waals surface area contributed by atoms with Gasteiger partial charge >= 0.3 is 0 Å². The van der Waals surface area contributed by atoms with Gasteiger partial charge in [0.1, 0.15) is 11.6 Å². The Labute approximate surface area is 97.1 Å². The Balaban J connectivity index is 2.98. The Morgan fingerprint density at radius 3 is 2.19 bits per heavy atom. The van der Waals surface area contributed by atoms with E-state index in [0.717, 1.165) is 22.4 Å². The lowest BCUT2D eigenvalue weighted by Gasteiger charge is -2.15. The van der Waals surface area contributed by atoms with Crippen molar-refractivity contribution in [3.05, 3.63) is 28.8 Å². The van der Waals surface area contributed by atoms with Crippen molar-refractivity contribution in [2.24, 2.45) is 11.7 Å². The summed E-state index contributed by atoms with van der Waals surface area (Å²) in [6.07, 6.45) is 0. The maximum absolute atomic E-state index is 7.41. The molecule has 1 aromatic rings. The van der Waals surface area contributed by atoms with Crippen LogP contribution in [0.3, 0.4) is 0 Å². The third kappa shape index (κ3) is 2.99. The first kappa shape index (κ1) is 12.6. The van der Waals surface area contributed by atoms with Crippen molar-refractivity contribution in [2.45, 2.75) is 27.7 Å². The molecule has 0 saturated heterocycles. The van der Waals surface area contributed by atoms with E-state index in [9.17, 15) is 0 Å². The zero-order chi connectivity index (χ0) is 12.3. The average Bonchev–Trinajstić information content (AvgIpc) is 2.15. The van der Waals surface area contributed by atoms with Crippen LogP contribution in [0.1, 0.15) is 30.5 Å². The molecule has 0 radical (unpaired) electrons. The summed E-state index contributed by atoms with van der Waals surface area (Å²) in [7, 11) is 0. The molecule has 0 bridgehead atoms. The van der Waals surface area contributed by atoms with Gasteiger partial charge in [-0.05, 0) is 43.0 Å². The molecule has 0 spiro atoms. The van der Waals surface area contributed by atoms with Gasteiger partial charge in [-0.25, -0.2) is 0 Å². The first-order chi connectivity index (χ1) is 7.41. The normalized spacial score (nSPS) is 10.6. The summed E-state index contributed by atoms with van der Waals surface area (Å²) in [4.78, 5) is 0. The Hall–Kier alpha value is -1.51. The van der Waals surface area contributed by atoms with Gasteiger partial charge in [-0.3, -0.25) is 5.41 Å². The topological polar surface area (TPSA) is 59.1 Å². The van der Waals surface area contributed by atoms with Crippen LogP contribution in [0.5, 0.6) is 5.75 Å². The number of benzene rings is 1. The molecule has 0 saturated carbocycles. The Morgan fingerprint density at radius 2 is 1.81 bits per heavy atom. The smallest absolute Gasteiger partial charge is 0.125 e. The van der Waals surface area contributed by atoms with E-state index in [0.29, 0.717) is 12.5 Å². The van der Waals surface area contributed by atoms with Crippen LogP contribution in [-0.4, -0.2) is 12.4 Å². The molecular formula is C13H20N2O. The number of ether oxygens (including phenoxy) is 1. The van der Waals surface area contributed by atoms with E-state index in [1.165, 1.54) is 0 Å². The van der Waals surface area contributed by atoms with E-state index in [-0.39, 0.29) is 5.84 Å². The minimum Gasteiger partial charge on any atom is -0.493 e. The van der Waals surface area contributed by atoms with Crippen LogP contribution < -0.4 is 10.5 Å². The number of amidine groups is 1. The quantitative estimate of drug-likeness (QED) is 0.605. The van der Waals surface area contributed by atoms with E-state index in [1.807, 2.05) is 26.0 Å². The van der Waals surface area contributed by atoms with Crippen LogP contribution in [0.15, 0.2) is 12.1 Å². The molecule has 0 aliphatic heterocycles. The molecule has 3 heteroatoms. The van der Waals surface area contributed by atoms with Gasteiger partial charge < -0.3 is 10.5 Å². The molecule has 0 aliphatic rings. The fraction of sp³-hybridized carbons (Fsp3) is 0.462. The van der Waals surface area contributed by atoms with Gasteiger partial charge in [0, 0.05) is 5.56 Å². The van der Waals surface area contributed by atoms with E-state index < -0.39 is 0 Å². The highest BCUT2D eigenvalue weighted by Gasteiger charge is 2.08. The molecule has 0 atom stereocenters. The SMILES string of the molecule is Cc1cc(C(=N)N)cc(C)c1OCC(C)C. The fourth-order valence-corrected chi connectivity index (χ4v) is 1.58. The second-order valence-corrected chi connectivity index (χ2v) is 4.56. The summed E-state index contributed by atoms with van der Waals surface area (Å²) < 4.78 is 5.75. The lowest BCUT2D eigenvalue weighted by Crippen LogP contribution is -2.13. The Morgan fingerprint density at radius 1 is 1.31 bits per heavy atom. The summed E-state index contributed by atoms with van der Waals surface area (Å²) in [6.45, 7) is 8.91. The molecule has 0 heterocycles. The summed E-state index contributed by atoms with van der Waals surface area (Å²) in [6, 6.07) is 3.79. The highest BCUT2D eigenvalue weighted by molar-refractivity contribution is 5.95. The molecule has 1 rings (SSSR count). The van der Waals surface area contributed by atoms with Crippen LogP contribution in [0.25, 0.3) is 0 Å². The molecule has 0 unspecified atom stereocenters. The maximum Gasteiger partial charge on any atom is 0.125 e. The standard InChI is InChI=1S/C13H20N2O/c1-8(2)7-16-12-9(3)5-11(13(14)15)6-10(12)4/h5-6,8H,7H2,1-4H3,(H3,14,15). The van der Waals surface area contributed by atoms with Gasteiger partial charge in [0.05, 0.1) is 6.61 Å². The molecule has 88 valence electrons. The molecule has 0 fully saturated rings. The summed E-state index contributed by atoms with van der Waals surface area (Å²) in [5.74, 6) is 1.52. The molecule has 3 nitrogen and oxygen atoms in total. The van der Waals surface area contributed by atoms with Gasteiger partial charge in [-0.15, -0.1) is 0 Å². The zero-order valence-electron chi connectivity index (χ0n) is 10.4. The number of nitrogens with two attached hydrogens (primary N) is 1. The van der Waals surface area contributed by atoms with Crippen molar-refractivity contribution in [3.8, 4) is 5.75 Å². The Bertz CT molecular complexity index is 374. The summed E-state index contributed by atoms with van der Waals surface area (Å²) in [5, 5.41) is 7.41. The number of rotatable bonds is 4. The third-order valence-corrected chi connectivity index (χ3v) is 2.33. The van der Waals surface area contributed by atoms with Crippen molar-refractivity contribution >= 4 is 5.84 Å². The van der Waals surface area contributed by atoms with Crippen molar-refractivity contribution in [1.82, 2.24) is 0 Å². The van der Waals surface area contributed by atoms with Crippen LogP contribution >= 0.6 is 0 Å².